The maximum atomic E-state index is 5.63. The first kappa shape index (κ1) is 10.3. The largest absolute Gasteiger partial charge is 0.457 e. The lowest BCUT2D eigenvalue weighted by Crippen LogP contribution is -1.70. The summed E-state index contributed by atoms with van der Waals surface area (Å²) in [6, 6.07) is 10.1. The van der Waals surface area contributed by atoms with Crippen molar-refractivity contribution in [1.82, 2.24) is 0 Å². The summed E-state index contributed by atoms with van der Waals surface area (Å²) in [5.74, 6) is 1.62. The molecule has 0 atom stereocenters. The van der Waals surface area contributed by atoms with Gasteiger partial charge in [-0.1, -0.05) is 24.3 Å². The first-order chi connectivity index (χ1) is 7.40. The van der Waals surface area contributed by atoms with Crippen LogP contribution in [-0.2, 0) is 0 Å². The number of fused-ring (bicyclic) bond motifs is 1. The van der Waals surface area contributed by atoms with Crippen LogP contribution in [0.15, 0.2) is 40.8 Å². The number of hydrogen-bond acceptors (Lipinski definition) is 1. The summed E-state index contributed by atoms with van der Waals surface area (Å²) in [6.45, 7) is 0. The third kappa shape index (κ3) is 2.63. The van der Waals surface area contributed by atoms with Crippen molar-refractivity contribution < 1.29 is 4.42 Å². The molecule has 1 aromatic heterocycles. The Bertz CT molecular complexity index is 423. The van der Waals surface area contributed by atoms with E-state index in [1.165, 1.54) is 0 Å². The van der Waals surface area contributed by atoms with Crippen molar-refractivity contribution in [3.63, 3.8) is 0 Å². The molecule has 0 saturated carbocycles. The molecule has 0 N–H and O–H groups in total. The topological polar surface area (TPSA) is 13.1 Å². The van der Waals surface area contributed by atoms with E-state index in [2.05, 4.69) is 12.1 Å². The van der Waals surface area contributed by atoms with Gasteiger partial charge in [0, 0.05) is 11.3 Å². The minimum absolute atomic E-state index is 0.713. The molecule has 78 valence electrons. The Balaban J connectivity index is 2.12. The van der Waals surface area contributed by atoms with Crippen molar-refractivity contribution >= 4 is 28.6 Å². The summed E-state index contributed by atoms with van der Waals surface area (Å²) in [5.41, 5.74) is 0.939. The molecule has 2 rings (SSSR count). The number of furan rings is 1. The SMILES string of the molecule is ClCCC/C=C/c1cc2ccccc2o1. The van der Waals surface area contributed by atoms with Gasteiger partial charge in [0.1, 0.15) is 11.3 Å². The first-order valence-electron chi connectivity index (χ1n) is 5.11. The van der Waals surface area contributed by atoms with Gasteiger partial charge in [0.05, 0.1) is 0 Å². The van der Waals surface area contributed by atoms with Crippen molar-refractivity contribution in [2.75, 3.05) is 5.88 Å². The molecule has 2 aromatic rings. The van der Waals surface area contributed by atoms with E-state index in [0.29, 0.717) is 5.88 Å². The molecule has 0 radical (unpaired) electrons. The van der Waals surface area contributed by atoms with Crippen LogP contribution < -0.4 is 0 Å². The van der Waals surface area contributed by atoms with E-state index < -0.39 is 0 Å². The second kappa shape index (κ2) is 5.04. The highest BCUT2D eigenvalue weighted by Gasteiger charge is 1.98. The summed E-state index contributed by atoms with van der Waals surface area (Å²) in [6.07, 6.45) is 6.12. The summed E-state index contributed by atoms with van der Waals surface area (Å²) in [4.78, 5) is 0. The second-order valence-electron chi connectivity index (χ2n) is 3.42. The average molecular weight is 221 g/mol. The molecule has 0 aliphatic heterocycles. The molecule has 0 fully saturated rings. The van der Waals surface area contributed by atoms with Crippen LogP contribution in [0.5, 0.6) is 0 Å². The molecular weight excluding hydrogens is 208 g/mol. The molecule has 0 amide bonds. The minimum atomic E-state index is 0.713. The van der Waals surface area contributed by atoms with Gasteiger partial charge in [0.2, 0.25) is 0 Å². The van der Waals surface area contributed by atoms with Gasteiger partial charge in [-0.3, -0.25) is 0 Å². The Morgan fingerprint density at radius 1 is 1.27 bits per heavy atom. The van der Waals surface area contributed by atoms with Crippen LogP contribution in [0.1, 0.15) is 18.6 Å². The monoisotopic (exact) mass is 220 g/mol. The van der Waals surface area contributed by atoms with Crippen LogP contribution in [-0.4, -0.2) is 5.88 Å². The molecule has 0 aliphatic rings. The van der Waals surface area contributed by atoms with E-state index in [4.69, 9.17) is 16.0 Å². The van der Waals surface area contributed by atoms with E-state index in [0.717, 1.165) is 29.6 Å². The third-order valence-electron chi connectivity index (χ3n) is 2.23. The van der Waals surface area contributed by atoms with Gasteiger partial charge in [-0.25, -0.2) is 0 Å². The summed E-state index contributed by atoms with van der Waals surface area (Å²) in [7, 11) is 0. The fourth-order valence-electron chi connectivity index (χ4n) is 1.48. The fraction of sp³-hybridized carbons (Fsp3) is 0.231. The molecular formula is C13H13ClO. The predicted octanol–water partition coefficient (Wildman–Crippen LogP) is 4.47. The molecule has 1 aromatic carbocycles. The van der Waals surface area contributed by atoms with Crippen molar-refractivity contribution in [3.05, 3.63) is 42.2 Å². The third-order valence-corrected chi connectivity index (χ3v) is 2.50. The quantitative estimate of drug-likeness (QED) is 0.548. The minimum Gasteiger partial charge on any atom is -0.457 e. The Hall–Kier alpha value is -1.21. The number of halogens is 1. The number of benzene rings is 1. The van der Waals surface area contributed by atoms with Crippen LogP contribution in [0.4, 0.5) is 0 Å². The van der Waals surface area contributed by atoms with Crippen LogP contribution in [0.2, 0.25) is 0 Å². The average Bonchev–Trinajstić information content (AvgIpc) is 2.67. The maximum Gasteiger partial charge on any atom is 0.134 e. The number of allylic oxidation sites excluding steroid dienone is 1. The van der Waals surface area contributed by atoms with E-state index in [-0.39, 0.29) is 0 Å². The van der Waals surface area contributed by atoms with Crippen LogP contribution in [0, 0.1) is 0 Å². The van der Waals surface area contributed by atoms with Gasteiger partial charge in [0.15, 0.2) is 0 Å². The van der Waals surface area contributed by atoms with Crippen molar-refractivity contribution in [2.45, 2.75) is 12.8 Å². The van der Waals surface area contributed by atoms with Crippen LogP contribution in [0.3, 0.4) is 0 Å². The number of unbranched alkanes of at least 4 members (excludes halogenated alkanes) is 1. The second-order valence-corrected chi connectivity index (χ2v) is 3.80. The number of alkyl halides is 1. The Morgan fingerprint density at radius 2 is 2.13 bits per heavy atom. The highest BCUT2D eigenvalue weighted by Crippen LogP contribution is 2.19. The van der Waals surface area contributed by atoms with Gasteiger partial charge < -0.3 is 4.42 Å². The van der Waals surface area contributed by atoms with Gasteiger partial charge in [-0.15, -0.1) is 11.6 Å². The molecule has 0 saturated heterocycles. The van der Waals surface area contributed by atoms with Gasteiger partial charge in [0.25, 0.3) is 0 Å². The highest BCUT2D eigenvalue weighted by molar-refractivity contribution is 6.17. The Labute approximate surface area is 94.3 Å². The normalized spacial score (nSPS) is 11.5. The number of para-hydroxylation sites is 1. The smallest absolute Gasteiger partial charge is 0.134 e. The Kier molecular flexibility index (Phi) is 3.46. The molecule has 1 nitrogen and oxygen atoms in total. The first-order valence-corrected chi connectivity index (χ1v) is 5.64. The van der Waals surface area contributed by atoms with E-state index >= 15 is 0 Å². The molecule has 15 heavy (non-hydrogen) atoms. The summed E-state index contributed by atoms with van der Waals surface area (Å²) < 4.78 is 5.63. The lowest BCUT2D eigenvalue weighted by atomic mass is 10.2. The van der Waals surface area contributed by atoms with Gasteiger partial charge in [-0.05, 0) is 31.1 Å². The number of rotatable bonds is 4. The molecule has 0 aliphatic carbocycles. The van der Waals surface area contributed by atoms with Gasteiger partial charge >= 0.3 is 0 Å². The molecule has 0 bridgehead atoms. The molecule has 2 heteroatoms. The molecule has 1 heterocycles. The van der Waals surface area contributed by atoms with Crippen molar-refractivity contribution in [1.29, 1.82) is 0 Å². The fourth-order valence-corrected chi connectivity index (χ4v) is 1.63. The lowest BCUT2D eigenvalue weighted by Gasteiger charge is -1.86. The van der Waals surface area contributed by atoms with E-state index in [1.807, 2.05) is 30.3 Å². The Morgan fingerprint density at radius 3 is 2.93 bits per heavy atom. The molecule has 0 spiro atoms. The van der Waals surface area contributed by atoms with Crippen LogP contribution in [0.25, 0.3) is 17.0 Å². The lowest BCUT2D eigenvalue weighted by molar-refractivity contribution is 0.604. The predicted molar refractivity (Wildman–Crippen MR) is 65.2 cm³/mol. The zero-order valence-corrected chi connectivity index (χ0v) is 9.20. The molecule has 0 unspecified atom stereocenters. The highest BCUT2D eigenvalue weighted by atomic mass is 35.5. The van der Waals surface area contributed by atoms with E-state index in [1.54, 1.807) is 0 Å². The maximum absolute atomic E-state index is 5.63. The summed E-state index contributed by atoms with van der Waals surface area (Å²) in [5, 5.41) is 1.15. The van der Waals surface area contributed by atoms with Crippen LogP contribution >= 0.6 is 11.6 Å². The van der Waals surface area contributed by atoms with Crippen molar-refractivity contribution in [2.24, 2.45) is 0 Å². The van der Waals surface area contributed by atoms with E-state index in [9.17, 15) is 0 Å². The summed E-state index contributed by atoms with van der Waals surface area (Å²) >= 11 is 5.59. The van der Waals surface area contributed by atoms with Crippen molar-refractivity contribution in [3.8, 4) is 0 Å². The standard InChI is InChI=1S/C13H13ClO/c14-9-5-1-2-7-12-10-11-6-3-4-8-13(11)15-12/h2-4,6-8,10H,1,5,9H2/b7-2+. The number of hydrogen-bond donors (Lipinski definition) is 0. The zero-order valence-electron chi connectivity index (χ0n) is 8.45. The zero-order chi connectivity index (χ0) is 10.5. The van der Waals surface area contributed by atoms with Gasteiger partial charge in [-0.2, -0.15) is 0 Å².